The summed E-state index contributed by atoms with van der Waals surface area (Å²) >= 11 is 6.42. The van der Waals surface area contributed by atoms with E-state index in [0.717, 1.165) is 42.5 Å². The molecule has 0 atom stereocenters. The highest BCUT2D eigenvalue weighted by Crippen LogP contribution is 2.43. The van der Waals surface area contributed by atoms with Crippen LogP contribution in [0.15, 0.2) is 12.2 Å². The molecule has 0 aromatic heterocycles. The van der Waals surface area contributed by atoms with Gasteiger partial charge in [0.1, 0.15) is 5.75 Å². The highest BCUT2D eigenvalue weighted by Gasteiger charge is 2.27. The second kappa shape index (κ2) is 7.73. The fraction of sp³-hybridized carbons (Fsp3) is 0.500. The van der Waals surface area contributed by atoms with Crippen molar-refractivity contribution in [1.29, 1.82) is 0 Å². The molecular formula is C18H24ClNO3. The van der Waals surface area contributed by atoms with Gasteiger partial charge in [-0.2, -0.15) is 0 Å². The number of aromatic hydroxyl groups is 1. The molecule has 0 bridgehead atoms. The van der Waals surface area contributed by atoms with Crippen LogP contribution in [0, 0.1) is 6.92 Å². The summed E-state index contributed by atoms with van der Waals surface area (Å²) in [5.41, 5.74) is 3.31. The fourth-order valence-corrected chi connectivity index (χ4v) is 3.41. The van der Waals surface area contributed by atoms with Gasteiger partial charge in [-0.1, -0.05) is 37.1 Å². The molecule has 23 heavy (non-hydrogen) atoms. The number of methoxy groups -OCH3 is 1. The normalized spacial score (nSPS) is 15.6. The van der Waals surface area contributed by atoms with Crippen LogP contribution in [0.1, 0.15) is 42.9 Å². The van der Waals surface area contributed by atoms with Crippen LogP contribution in [0.2, 0.25) is 5.02 Å². The van der Waals surface area contributed by atoms with Crippen LogP contribution in [0.3, 0.4) is 0 Å². The first-order valence-corrected chi connectivity index (χ1v) is 8.43. The van der Waals surface area contributed by atoms with Crippen LogP contribution in [0.4, 0.5) is 10.5 Å². The zero-order valence-electron chi connectivity index (χ0n) is 14.0. The number of amides is 1. The molecule has 0 saturated carbocycles. The van der Waals surface area contributed by atoms with Crippen molar-refractivity contribution in [2.45, 2.75) is 46.0 Å². The number of carbonyl (C=O) groups is 1. The second-order valence-electron chi connectivity index (χ2n) is 5.78. The molecule has 0 radical (unpaired) electrons. The van der Waals surface area contributed by atoms with Crippen LogP contribution in [-0.4, -0.2) is 24.9 Å². The third-order valence-electron chi connectivity index (χ3n) is 4.31. The number of ether oxygens (including phenoxy) is 1. The van der Waals surface area contributed by atoms with Crippen molar-refractivity contribution in [2.75, 3.05) is 18.6 Å². The Bertz CT molecular complexity index is 625. The number of hydrogen-bond acceptors (Lipinski definition) is 3. The summed E-state index contributed by atoms with van der Waals surface area (Å²) in [6.45, 7) is 4.60. The van der Waals surface area contributed by atoms with E-state index in [1.54, 1.807) is 4.90 Å². The fourth-order valence-electron chi connectivity index (χ4n) is 3.06. The van der Waals surface area contributed by atoms with Gasteiger partial charge >= 0.3 is 6.09 Å². The zero-order chi connectivity index (χ0) is 17.0. The van der Waals surface area contributed by atoms with Gasteiger partial charge in [-0.15, -0.1) is 0 Å². The van der Waals surface area contributed by atoms with Gasteiger partial charge in [0.15, 0.2) is 0 Å². The second-order valence-corrected chi connectivity index (χ2v) is 6.16. The molecule has 126 valence electrons. The molecule has 1 amide bonds. The van der Waals surface area contributed by atoms with Crippen molar-refractivity contribution in [3.63, 3.8) is 0 Å². The summed E-state index contributed by atoms with van der Waals surface area (Å²) in [6.07, 6.45) is 7.71. The van der Waals surface area contributed by atoms with Crippen LogP contribution >= 0.6 is 11.6 Å². The van der Waals surface area contributed by atoms with Crippen LogP contribution in [0.5, 0.6) is 5.75 Å². The minimum atomic E-state index is -0.409. The minimum Gasteiger partial charge on any atom is -0.506 e. The van der Waals surface area contributed by atoms with E-state index in [1.807, 2.05) is 19.1 Å². The van der Waals surface area contributed by atoms with Gasteiger partial charge in [0, 0.05) is 12.1 Å². The molecule has 4 nitrogen and oxygen atoms in total. The van der Waals surface area contributed by atoms with Crippen LogP contribution < -0.4 is 4.90 Å². The summed E-state index contributed by atoms with van der Waals surface area (Å²) < 4.78 is 4.94. The smallest absolute Gasteiger partial charge is 0.414 e. The number of rotatable bonds is 3. The van der Waals surface area contributed by atoms with Crippen LogP contribution in [-0.2, 0) is 17.6 Å². The zero-order valence-corrected chi connectivity index (χ0v) is 14.7. The van der Waals surface area contributed by atoms with Crippen molar-refractivity contribution in [2.24, 2.45) is 0 Å². The number of hydrogen-bond donors (Lipinski definition) is 1. The molecule has 0 unspecified atom stereocenters. The van der Waals surface area contributed by atoms with Crippen LogP contribution in [0.25, 0.3) is 0 Å². The number of anilines is 1. The number of nitrogens with zero attached hydrogens (tertiary/aromatic N) is 1. The first kappa shape index (κ1) is 17.7. The molecule has 2 rings (SSSR count). The van der Waals surface area contributed by atoms with E-state index in [4.69, 9.17) is 16.3 Å². The Balaban J connectivity index is 2.66. The third-order valence-corrected chi connectivity index (χ3v) is 4.71. The molecule has 0 aliphatic carbocycles. The van der Waals surface area contributed by atoms with Gasteiger partial charge in [0.25, 0.3) is 0 Å². The maximum Gasteiger partial charge on any atom is 0.414 e. The summed E-state index contributed by atoms with van der Waals surface area (Å²) in [5, 5.41) is 11.0. The van der Waals surface area contributed by atoms with Gasteiger partial charge in [0.05, 0.1) is 17.8 Å². The highest BCUT2D eigenvalue weighted by molar-refractivity contribution is 6.33. The molecule has 1 aliphatic rings. The number of phenols is 1. The molecule has 1 aromatic rings. The van der Waals surface area contributed by atoms with E-state index in [2.05, 4.69) is 6.92 Å². The van der Waals surface area contributed by atoms with Crippen molar-refractivity contribution < 1.29 is 14.6 Å². The highest BCUT2D eigenvalue weighted by atomic mass is 35.5. The lowest BCUT2D eigenvalue weighted by Crippen LogP contribution is -2.33. The number of allylic oxidation sites excluding steroid dienone is 1. The van der Waals surface area contributed by atoms with Crippen molar-refractivity contribution in [1.82, 2.24) is 0 Å². The van der Waals surface area contributed by atoms with Crippen molar-refractivity contribution >= 4 is 23.4 Å². The predicted octanol–water partition coefficient (Wildman–Crippen LogP) is 4.77. The maximum absolute atomic E-state index is 12.2. The van der Waals surface area contributed by atoms with Crippen molar-refractivity contribution in [3.8, 4) is 5.75 Å². The first-order chi connectivity index (χ1) is 11.0. The summed E-state index contributed by atoms with van der Waals surface area (Å²) in [7, 11) is 1.37. The average Bonchev–Trinajstić information content (AvgIpc) is 2.52. The van der Waals surface area contributed by atoms with E-state index in [9.17, 15) is 9.90 Å². The summed E-state index contributed by atoms with van der Waals surface area (Å²) in [6, 6.07) is 0. The Morgan fingerprint density at radius 2 is 2.17 bits per heavy atom. The lowest BCUT2D eigenvalue weighted by molar-refractivity contribution is 0.178. The Kier molecular flexibility index (Phi) is 5.94. The average molecular weight is 338 g/mol. The number of halogens is 1. The summed E-state index contributed by atoms with van der Waals surface area (Å²) in [5.74, 6) is 0.0822. The van der Waals surface area contributed by atoms with Gasteiger partial charge < -0.3 is 9.84 Å². The standard InChI is InChI=1S/C18H24ClNO3/c1-4-5-9-13-12(2)16-14(17(21)15(13)19)10-7-6-8-11-20(16)18(22)23-3/h6-7,21H,4-5,8-11H2,1-3H3/b7-6-. The van der Waals surface area contributed by atoms with Gasteiger partial charge in [-0.3, -0.25) is 4.90 Å². The number of fused-ring (bicyclic) bond motifs is 1. The van der Waals surface area contributed by atoms with Gasteiger partial charge in [-0.25, -0.2) is 4.79 Å². The molecule has 1 N–H and O–H groups in total. The Hall–Kier alpha value is -1.68. The Morgan fingerprint density at radius 3 is 2.83 bits per heavy atom. The van der Waals surface area contributed by atoms with Gasteiger partial charge in [0.2, 0.25) is 0 Å². The quantitative estimate of drug-likeness (QED) is 0.808. The Morgan fingerprint density at radius 1 is 1.43 bits per heavy atom. The minimum absolute atomic E-state index is 0.0822. The van der Waals surface area contributed by atoms with E-state index in [-0.39, 0.29) is 5.75 Å². The summed E-state index contributed by atoms with van der Waals surface area (Å²) in [4.78, 5) is 13.8. The third kappa shape index (κ3) is 3.47. The largest absolute Gasteiger partial charge is 0.506 e. The topological polar surface area (TPSA) is 49.8 Å². The molecule has 0 fully saturated rings. The number of benzene rings is 1. The molecule has 1 aliphatic heterocycles. The molecule has 0 spiro atoms. The van der Waals surface area contributed by atoms with E-state index >= 15 is 0 Å². The predicted molar refractivity (Wildman–Crippen MR) is 93.7 cm³/mol. The first-order valence-electron chi connectivity index (χ1n) is 8.06. The molecule has 5 heteroatoms. The monoisotopic (exact) mass is 337 g/mol. The number of carbonyl (C=O) groups excluding carboxylic acids is 1. The molecule has 1 aromatic carbocycles. The molecular weight excluding hydrogens is 314 g/mol. The molecule has 1 heterocycles. The van der Waals surface area contributed by atoms with E-state index in [1.165, 1.54) is 7.11 Å². The Labute approximate surface area is 142 Å². The van der Waals surface area contributed by atoms with Crippen molar-refractivity contribution in [3.05, 3.63) is 33.9 Å². The van der Waals surface area contributed by atoms with Gasteiger partial charge in [-0.05, 0) is 43.7 Å². The lowest BCUT2D eigenvalue weighted by Gasteiger charge is -2.29. The maximum atomic E-state index is 12.2. The number of phenolic OH excluding ortho intramolecular Hbond substituents is 1. The molecule has 0 saturated heterocycles. The SMILES string of the molecule is CCCCc1c(C)c2c(c(O)c1Cl)C/C=C\CCN2C(=O)OC. The number of unbranched alkanes of at least 4 members (excludes halogenated alkanes) is 1. The van der Waals surface area contributed by atoms with E-state index < -0.39 is 6.09 Å². The van der Waals surface area contributed by atoms with E-state index in [0.29, 0.717) is 23.6 Å². The lowest BCUT2D eigenvalue weighted by atomic mass is 9.93.